The molecule has 0 atom stereocenters. The molecule has 2 N–H and O–H groups in total. The van der Waals surface area contributed by atoms with Crippen molar-refractivity contribution in [2.24, 2.45) is 0 Å². The van der Waals surface area contributed by atoms with Crippen LogP contribution in [0.3, 0.4) is 0 Å². The quantitative estimate of drug-likeness (QED) is 0.892. The third-order valence-electron chi connectivity index (χ3n) is 3.19. The van der Waals surface area contributed by atoms with Gasteiger partial charge in [0.2, 0.25) is 10.0 Å². The second-order valence-electron chi connectivity index (χ2n) is 5.16. The third-order valence-corrected chi connectivity index (χ3v) is 4.43. The fourth-order valence-corrected chi connectivity index (χ4v) is 3.33. The van der Waals surface area contributed by atoms with E-state index < -0.39 is 10.0 Å². The van der Waals surface area contributed by atoms with Gasteiger partial charge < -0.3 is 5.11 Å². The van der Waals surface area contributed by atoms with Gasteiger partial charge in [0, 0.05) is 0 Å². The Labute approximate surface area is 125 Å². The maximum absolute atomic E-state index is 12.3. The molecule has 0 unspecified atom stereocenters. The van der Waals surface area contributed by atoms with Crippen LogP contribution in [0.5, 0.6) is 0 Å². The molecule has 0 aliphatic rings. The summed E-state index contributed by atoms with van der Waals surface area (Å²) in [6, 6.07) is 12.6. The van der Waals surface area contributed by atoms with Crippen LogP contribution in [0.2, 0.25) is 0 Å². The van der Waals surface area contributed by atoms with Gasteiger partial charge in [-0.1, -0.05) is 36.4 Å². The zero-order chi connectivity index (χ0) is 15.5. The van der Waals surface area contributed by atoms with Crippen molar-refractivity contribution < 1.29 is 13.5 Å². The molecule has 0 fully saturated rings. The molecule has 0 aliphatic heterocycles. The summed E-state index contributed by atoms with van der Waals surface area (Å²) in [7, 11) is -3.48. The number of aliphatic hydroxyl groups is 1. The highest BCUT2D eigenvalue weighted by atomic mass is 32.2. The predicted octanol–water partition coefficient (Wildman–Crippen LogP) is 2.74. The van der Waals surface area contributed by atoms with Crippen LogP contribution in [0, 0.1) is 13.8 Å². The van der Waals surface area contributed by atoms with Crippen LogP contribution < -0.4 is 4.72 Å². The predicted molar refractivity (Wildman–Crippen MR) is 84.5 cm³/mol. The largest absolute Gasteiger partial charge is 0.392 e. The van der Waals surface area contributed by atoms with Crippen LogP contribution in [0.4, 0.5) is 5.69 Å². The molecule has 0 amide bonds. The summed E-state index contributed by atoms with van der Waals surface area (Å²) in [4.78, 5) is 0. The van der Waals surface area contributed by atoms with Crippen molar-refractivity contribution in [2.75, 3.05) is 4.72 Å². The van der Waals surface area contributed by atoms with Crippen molar-refractivity contribution in [1.82, 2.24) is 0 Å². The Balaban J connectivity index is 2.20. The van der Waals surface area contributed by atoms with E-state index in [1.54, 1.807) is 24.3 Å². The van der Waals surface area contributed by atoms with Gasteiger partial charge in [-0.05, 0) is 42.2 Å². The molecule has 0 bridgehead atoms. The van der Waals surface area contributed by atoms with Gasteiger partial charge in [0.15, 0.2) is 0 Å². The topological polar surface area (TPSA) is 66.4 Å². The monoisotopic (exact) mass is 305 g/mol. The van der Waals surface area contributed by atoms with Crippen LogP contribution in [0.1, 0.15) is 22.3 Å². The number of benzene rings is 2. The summed E-state index contributed by atoms with van der Waals surface area (Å²) in [5.41, 5.74) is 3.84. The summed E-state index contributed by atoms with van der Waals surface area (Å²) in [5, 5.41) is 9.10. The smallest absolute Gasteiger partial charge is 0.236 e. The van der Waals surface area contributed by atoms with Crippen molar-refractivity contribution in [1.29, 1.82) is 0 Å². The first-order chi connectivity index (χ1) is 9.89. The maximum Gasteiger partial charge on any atom is 0.236 e. The summed E-state index contributed by atoms with van der Waals surface area (Å²) >= 11 is 0. The number of sulfonamides is 1. The van der Waals surface area contributed by atoms with Gasteiger partial charge >= 0.3 is 0 Å². The Hall–Kier alpha value is -1.85. The first-order valence-corrected chi connectivity index (χ1v) is 8.31. The molecule has 2 rings (SSSR count). The first-order valence-electron chi connectivity index (χ1n) is 6.66. The lowest BCUT2D eigenvalue weighted by molar-refractivity contribution is 0.282. The van der Waals surface area contributed by atoms with E-state index in [2.05, 4.69) is 4.72 Å². The molecular weight excluding hydrogens is 286 g/mol. The summed E-state index contributed by atoms with van der Waals surface area (Å²) in [6.07, 6.45) is 0. The normalized spacial score (nSPS) is 11.4. The van der Waals surface area contributed by atoms with Gasteiger partial charge in [-0.15, -0.1) is 0 Å². The second kappa shape index (κ2) is 6.28. The minimum atomic E-state index is -3.48. The number of rotatable bonds is 5. The Morgan fingerprint density at radius 1 is 1.05 bits per heavy atom. The van der Waals surface area contributed by atoms with Crippen LogP contribution in [0.15, 0.2) is 42.5 Å². The summed E-state index contributed by atoms with van der Waals surface area (Å²) in [5.74, 6) is -0.117. The molecule has 4 nitrogen and oxygen atoms in total. The molecular formula is C16H19NO3S. The molecule has 112 valence electrons. The fraction of sp³-hybridized carbons (Fsp3) is 0.250. The maximum atomic E-state index is 12.3. The highest BCUT2D eigenvalue weighted by Crippen LogP contribution is 2.19. The van der Waals surface area contributed by atoms with Crippen molar-refractivity contribution in [3.63, 3.8) is 0 Å². The fourth-order valence-electron chi connectivity index (χ4n) is 2.09. The van der Waals surface area contributed by atoms with Gasteiger partial charge in [0.05, 0.1) is 18.0 Å². The minimum absolute atomic E-state index is 0.0989. The van der Waals surface area contributed by atoms with Crippen LogP contribution in [0.25, 0.3) is 0 Å². The summed E-state index contributed by atoms with van der Waals surface area (Å²) in [6.45, 7) is 3.68. The van der Waals surface area contributed by atoms with E-state index in [1.807, 2.05) is 32.0 Å². The van der Waals surface area contributed by atoms with E-state index in [0.29, 0.717) is 16.8 Å². The van der Waals surface area contributed by atoms with Crippen LogP contribution >= 0.6 is 0 Å². The van der Waals surface area contributed by atoms with E-state index in [9.17, 15) is 8.42 Å². The number of anilines is 1. The zero-order valence-electron chi connectivity index (χ0n) is 12.1. The van der Waals surface area contributed by atoms with Gasteiger partial charge in [-0.2, -0.15) is 0 Å². The van der Waals surface area contributed by atoms with E-state index in [-0.39, 0.29) is 12.4 Å². The number of aryl methyl sites for hydroxylation is 2. The lowest BCUT2D eigenvalue weighted by atomic mass is 10.1. The first kappa shape index (κ1) is 15.5. The molecule has 0 radical (unpaired) electrons. The molecule has 0 aromatic heterocycles. The molecule has 0 spiro atoms. The molecule has 2 aromatic rings. The number of nitrogens with one attached hydrogen (secondary N) is 1. The molecule has 0 saturated heterocycles. The Bertz CT molecular complexity index is 739. The van der Waals surface area contributed by atoms with Gasteiger partial charge in [0.25, 0.3) is 0 Å². The van der Waals surface area contributed by atoms with Crippen molar-refractivity contribution >= 4 is 15.7 Å². The number of hydrogen-bond acceptors (Lipinski definition) is 3. The second-order valence-corrected chi connectivity index (χ2v) is 6.88. The number of aliphatic hydroxyl groups excluding tert-OH is 1. The van der Waals surface area contributed by atoms with Gasteiger partial charge in [0.1, 0.15) is 0 Å². The Morgan fingerprint density at radius 2 is 1.76 bits per heavy atom. The van der Waals surface area contributed by atoms with Crippen molar-refractivity contribution in [2.45, 2.75) is 26.2 Å². The SMILES string of the molecule is Cc1ccc(C)c(NS(=O)(=O)Cc2cccc(CO)c2)c1. The average Bonchev–Trinajstić information content (AvgIpc) is 2.42. The van der Waals surface area contributed by atoms with Crippen LogP contribution in [-0.4, -0.2) is 13.5 Å². The van der Waals surface area contributed by atoms with Crippen LogP contribution in [-0.2, 0) is 22.4 Å². The minimum Gasteiger partial charge on any atom is -0.392 e. The highest BCUT2D eigenvalue weighted by molar-refractivity contribution is 7.91. The van der Waals surface area contributed by atoms with Crippen molar-refractivity contribution in [3.8, 4) is 0 Å². The van der Waals surface area contributed by atoms with E-state index in [4.69, 9.17) is 5.11 Å². The summed E-state index contributed by atoms with van der Waals surface area (Å²) < 4.78 is 27.1. The lowest BCUT2D eigenvalue weighted by Gasteiger charge is -2.11. The van der Waals surface area contributed by atoms with Crippen molar-refractivity contribution in [3.05, 3.63) is 64.7 Å². The van der Waals surface area contributed by atoms with E-state index in [1.165, 1.54) is 0 Å². The van der Waals surface area contributed by atoms with Gasteiger partial charge in [-0.3, -0.25) is 4.72 Å². The Morgan fingerprint density at radius 3 is 2.48 bits per heavy atom. The number of hydrogen-bond donors (Lipinski definition) is 2. The molecule has 0 heterocycles. The standard InChI is InChI=1S/C16H19NO3S/c1-12-6-7-13(2)16(8-12)17-21(19,20)11-15-5-3-4-14(9-15)10-18/h3-9,17-18H,10-11H2,1-2H3. The third kappa shape index (κ3) is 4.31. The lowest BCUT2D eigenvalue weighted by Crippen LogP contribution is -2.16. The molecule has 21 heavy (non-hydrogen) atoms. The van der Waals surface area contributed by atoms with E-state index >= 15 is 0 Å². The zero-order valence-corrected chi connectivity index (χ0v) is 12.9. The molecule has 5 heteroatoms. The Kier molecular flexibility index (Phi) is 4.65. The van der Waals surface area contributed by atoms with E-state index in [0.717, 1.165) is 11.1 Å². The molecule has 0 saturated carbocycles. The molecule has 0 aliphatic carbocycles. The highest BCUT2D eigenvalue weighted by Gasteiger charge is 2.13. The molecule has 2 aromatic carbocycles. The van der Waals surface area contributed by atoms with Gasteiger partial charge in [-0.25, -0.2) is 8.42 Å². The average molecular weight is 305 g/mol.